The molecule has 90 valence electrons. The molecular weight excluding hydrogens is 242 g/mol. The Morgan fingerprint density at radius 2 is 2.35 bits per heavy atom. The van der Waals surface area contributed by atoms with Crippen LogP contribution in [-0.2, 0) is 0 Å². The SMILES string of the molecule is CN(CCO)c1ccc2scnc2c1[N+](=O)[O-]. The topological polar surface area (TPSA) is 79.5 Å². The second kappa shape index (κ2) is 4.64. The molecule has 0 bridgehead atoms. The van der Waals surface area contributed by atoms with E-state index in [1.165, 1.54) is 11.3 Å². The quantitative estimate of drug-likeness (QED) is 0.661. The molecule has 0 aliphatic heterocycles. The normalized spacial score (nSPS) is 10.7. The van der Waals surface area contributed by atoms with Gasteiger partial charge < -0.3 is 10.0 Å². The summed E-state index contributed by atoms with van der Waals surface area (Å²) < 4.78 is 0.790. The van der Waals surface area contributed by atoms with Crippen LogP contribution < -0.4 is 4.90 Å². The largest absolute Gasteiger partial charge is 0.395 e. The van der Waals surface area contributed by atoms with Crippen molar-refractivity contribution in [3.63, 3.8) is 0 Å². The zero-order valence-electron chi connectivity index (χ0n) is 9.16. The summed E-state index contributed by atoms with van der Waals surface area (Å²) in [5.41, 5.74) is 2.47. The molecule has 2 rings (SSSR count). The molecule has 0 saturated carbocycles. The number of nitrogens with zero attached hydrogens (tertiary/aromatic N) is 3. The van der Waals surface area contributed by atoms with E-state index in [1.807, 2.05) is 6.07 Å². The highest BCUT2D eigenvalue weighted by atomic mass is 32.1. The maximum atomic E-state index is 11.1. The van der Waals surface area contributed by atoms with Crippen LogP contribution in [0.3, 0.4) is 0 Å². The van der Waals surface area contributed by atoms with Gasteiger partial charge in [-0.05, 0) is 12.1 Å². The maximum Gasteiger partial charge on any atom is 0.319 e. The van der Waals surface area contributed by atoms with Crippen LogP contribution in [0.2, 0.25) is 0 Å². The van der Waals surface area contributed by atoms with E-state index in [-0.39, 0.29) is 12.3 Å². The van der Waals surface area contributed by atoms with Crippen LogP contribution in [0.5, 0.6) is 0 Å². The first-order valence-corrected chi connectivity index (χ1v) is 5.85. The third kappa shape index (κ3) is 2.06. The van der Waals surface area contributed by atoms with Crippen LogP contribution in [0, 0.1) is 10.1 Å². The third-order valence-corrected chi connectivity index (χ3v) is 3.28. The van der Waals surface area contributed by atoms with Crippen LogP contribution in [0.4, 0.5) is 11.4 Å². The Morgan fingerprint density at radius 3 is 3.00 bits per heavy atom. The van der Waals surface area contributed by atoms with E-state index in [1.54, 1.807) is 23.5 Å². The van der Waals surface area contributed by atoms with Crippen molar-refractivity contribution in [1.82, 2.24) is 4.98 Å². The Kier molecular flexibility index (Phi) is 3.21. The van der Waals surface area contributed by atoms with Crippen LogP contribution in [0.1, 0.15) is 0 Å². The molecule has 0 radical (unpaired) electrons. The second-order valence-electron chi connectivity index (χ2n) is 3.53. The number of likely N-dealkylation sites (N-methyl/N-ethyl adjacent to an activating group) is 1. The lowest BCUT2D eigenvalue weighted by Gasteiger charge is -2.17. The van der Waals surface area contributed by atoms with Gasteiger partial charge in [-0.1, -0.05) is 0 Å². The van der Waals surface area contributed by atoms with E-state index < -0.39 is 4.92 Å². The van der Waals surface area contributed by atoms with Crippen molar-refractivity contribution in [2.45, 2.75) is 0 Å². The fourth-order valence-electron chi connectivity index (χ4n) is 1.66. The molecule has 2 aromatic rings. The molecule has 0 spiro atoms. The first kappa shape index (κ1) is 11.7. The first-order valence-electron chi connectivity index (χ1n) is 4.97. The molecule has 0 unspecified atom stereocenters. The van der Waals surface area contributed by atoms with Crippen molar-refractivity contribution in [1.29, 1.82) is 0 Å². The van der Waals surface area contributed by atoms with E-state index in [0.717, 1.165) is 4.70 Å². The molecule has 0 fully saturated rings. The van der Waals surface area contributed by atoms with Crippen molar-refractivity contribution >= 4 is 32.9 Å². The lowest BCUT2D eigenvalue weighted by molar-refractivity contribution is -0.382. The predicted molar refractivity (Wildman–Crippen MR) is 66.6 cm³/mol. The monoisotopic (exact) mass is 253 g/mol. The van der Waals surface area contributed by atoms with Gasteiger partial charge in [-0.15, -0.1) is 11.3 Å². The Balaban J connectivity index is 2.61. The van der Waals surface area contributed by atoms with Crippen molar-refractivity contribution in [3.05, 3.63) is 27.8 Å². The number of hydrogen-bond acceptors (Lipinski definition) is 6. The van der Waals surface area contributed by atoms with E-state index in [0.29, 0.717) is 17.7 Å². The number of fused-ring (bicyclic) bond motifs is 1. The summed E-state index contributed by atoms with van der Waals surface area (Å²) in [6.45, 7) is 0.291. The van der Waals surface area contributed by atoms with Crippen LogP contribution >= 0.6 is 11.3 Å². The van der Waals surface area contributed by atoms with Crippen LogP contribution in [0.25, 0.3) is 10.2 Å². The number of nitro benzene ring substituents is 1. The summed E-state index contributed by atoms with van der Waals surface area (Å²) in [4.78, 5) is 16.4. The number of benzene rings is 1. The van der Waals surface area contributed by atoms with E-state index in [9.17, 15) is 10.1 Å². The Labute approximate surface area is 101 Å². The van der Waals surface area contributed by atoms with Crippen molar-refractivity contribution in [2.75, 3.05) is 25.1 Å². The van der Waals surface area contributed by atoms with Gasteiger partial charge in [0.05, 0.1) is 21.7 Å². The van der Waals surface area contributed by atoms with Gasteiger partial charge in [0.25, 0.3) is 0 Å². The highest BCUT2D eigenvalue weighted by Gasteiger charge is 2.22. The van der Waals surface area contributed by atoms with Gasteiger partial charge in [-0.3, -0.25) is 10.1 Å². The number of aromatic nitrogens is 1. The molecule has 1 N–H and O–H groups in total. The zero-order chi connectivity index (χ0) is 12.4. The summed E-state index contributed by atoms with van der Waals surface area (Å²) in [5, 5.41) is 20.0. The Morgan fingerprint density at radius 1 is 1.59 bits per heavy atom. The number of aliphatic hydroxyl groups excluding tert-OH is 1. The molecule has 0 atom stereocenters. The molecule has 1 heterocycles. The van der Waals surface area contributed by atoms with Gasteiger partial charge >= 0.3 is 5.69 Å². The molecule has 1 aromatic carbocycles. The standard InChI is InChI=1S/C10H11N3O3S/c1-12(4-5-14)7-2-3-8-9(11-6-17-8)10(7)13(15)16/h2-3,6,14H,4-5H2,1H3. The summed E-state index contributed by atoms with van der Waals surface area (Å²) in [5.74, 6) is 0. The van der Waals surface area contributed by atoms with Gasteiger partial charge in [0, 0.05) is 13.6 Å². The average Bonchev–Trinajstić information content (AvgIpc) is 2.75. The van der Waals surface area contributed by atoms with Crippen LogP contribution in [-0.4, -0.2) is 35.2 Å². The summed E-state index contributed by atoms with van der Waals surface area (Å²) >= 11 is 1.37. The molecule has 7 heteroatoms. The molecule has 17 heavy (non-hydrogen) atoms. The zero-order valence-corrected chi connectivity index (χ0v) is 9.98. The van der Waals surface area contributed by atoms with Gasteiger partial charge in [0.1, 0.15) is 5.69 Å². The smallest absolute Gasteiger partial charge is 0.319 e. The second-order valence-corrected chi connectivity index (χ2v) is 4.42. The molecule has 1 aromatic heterocycles. The van der Waals surface area contributed by atoms with Gasteiger partial charge in [0.2, 0.25) is 0 Å². The number of thiazole rings is 1. The number of aliphatic hydroxyl groups is 1. The van der Waals surface area contributed by atoms with E-state index in [2.05, 4.69) is 4.98 Å². The summed E-state index contributed by atoms with van der Waals surface area (Å²) in [6, 6.07) is 3.50. The number of hydrogen-bond donors (Lipinski definition) is 1. The van der Waals surface area contributed by atoms with E-state index in [4.69, 9.17) is 5.11 Å². The van der Waals surface area contributed by atoms with Gasteiger partial charge in [0.15, 0.2) is 5.52 Å². The molecule has 0 aliphatic rings. The van der Waals surface area contributed by atoms with Crippen molar-refractivity contribution < 1.29 is 10.0 Å². The average molecular weight is 253 g/mol. The number of anilines is 1. The minimum absolute atomic E-state index is 0.000278. The van der Waals surface area contributed by atoms with Gasteiger partial charge in [-0.25, -0.2) is 4.98 Å². The molecule has 0 amide bonds. The lowest BCUT2D eigenvalue weighted by atomic mass is 10.2. The van der Waals surface area contributed by atoms with E-state index >= 15 is 0 Å². The Hall–Kier alpha value is -1.73. The highest BCUT2D eigenvalue weighted by Crippen LogP contribution is 2.35. The lowest BCUT2D eigenvalue weighted by Crippen LogP contribution is -2.22. The van der Waals surface area contributed by atoms with Gasteiger partial charge in [-0.2, -0.15) is 0 Å². The number of nitro groups is 1. The number of rotatable bonds is 4. The first-order chi connectivity index (χ1) is 8.15. The molecular formula is C10H11N3O3S. The van der Waals surface area contributed by atoms with Crippen molar-refractivity contribution in [3.8, 4) is 0 Å². The molecule has 6 nitrogen and oxygen atoms in total. The minimum atomic E-state index is -0.425. The molecule has 0 saturated heterocycles. The summed E-state index contributed by atoms with van der Waals surface area (Å²) in [6.07, 6.45) is 0. The highest BCUT2D eigenvalue weighted by molar-refractivity contribution is 7.16. The Bertz CT molecular complexity index is 555. The summed E-state index contributed by atoms with van der Waals surface area (Å²) in [7, 11) is 1.71. The van der Waals surface area contributed by atoms with Crippen LogP contribution in [0.15, 0.2) is 17.6 Å². The predicted octanol–water partition coefficient (Wildman–Crippen LogP) is 1.63. The van der Waals surface area contributed by atoms with Crippen molar-refractivity contribution in [2.24, 2.45) is 0 Å². The minimum Gasteiger partial charge on any atom is -0.395 e. The fraction of sp³-hybridized carbons (Fsp3) is 0.300. The molecule has 0 aliphatic carbocycles. The fourth-order valence-corrected chi connectivity index (χ4v) is 2.34. The maximum absolute atomic E-state index is 11.1. The third-order valence-electron chi connectivity index (χ3n) is 2.48.